The molecule has 0 aromatic heterocycles. The molecule has 1 unspecified atom stereocenters. The minimum absolute atomic E-state index is 0.235. The average Bonchev–Trinajstić information content (AvgIpc) is 2.59. The molecule has 1 aliphatic rings. The molecule has 0 aliphatic carbocycles. The molecule has 0 bridgehead atoms. The molecule has 0 radical (unpaired) electrons. The Morgan fingerprint density at radius 2 is 2.17 bits per heavy atom. The van der Waals surface area contributed by atoms with E-state index in [4.69, 9.17) is 14.2 Å². The van der Waals surface area contributed by atoms with Gasteiger partial charge in [-0.05, 0) is 26.7 Å². The maximum atomic E-state index is 11.9. The molecule has 1 aliphatic heterocycles. The van der Waals surface area contributed by atoms with Crippen LogP contribution in [-0.4, -0.2) is 35.9 Å². The Bertz CT molecular complexity index is 277. The number of carbonyl (C=O) groups is 1. The van der Waals surface area contributed by atoms with Crippen LogP contribution in [0.3, 0.4) is 0 Å². The Morgan fingerprint density at radius 1 is 1.50 bits per heavy atom. The lowest BCUT2D eigenvalue weighted by Gasteiger charge is -2.22. The van der Waals surface area contributed by atoms with Crippen molar-refractivity contribution in [3.63, 3.8) is 0 Å². The molecule has 1 rings (SSSR count). The maximum absolute atomic E-state index is 11.9. The monoisotopic (exact) mass is 260 g/mol. The van der Waals surface area contributed by atoms with E-state index in [2.05, 4.69) is 0 Å². The minimum Gasteiger partial charge on any atom is -0.433 e. The third kappa shape index (κ3) is 4.23. The van der Waals surface area contributed by atoms with Gasteiger partial charge >= 0.3 is 5.97 Å². The Labute approximate surface area is 108 Å². The first-order valence-electron chi connectivity index (χ1n) is 6.60. The molecule has 0 aromatic rings. The molecule has 0 aromatic carbocycles. The molecule has 1 heterocycles. The molecule has 0 saturated carbocycles. The van der Waals surface area contributed by atoms with Crippen molar-refractivity contribution in [2.75, 3.05) is 6.61 Å². The number of esters is 1. The predicted octanol–water partition coefficient (Wildman–Crippen LogP) is 1.83. The van der Waals surface area contributed by atoms with Crippen LogP contribution >= 0.6 is 0 Å². The second-order valence-corrected chi connectivity index (χ2v) is 5.07. The first kappa shape index (κ1) is 15.4. The quantitative estimate of drug-likeness (QED) is 0.738. The summed E-state index contributed by atoms with van der Waals surface area (Å²) < 4.78 is 15.9. The van der Waals surface area contributed by atoms with Gasteiger partial charge in [0.15, 0.2) is 5.79 Å². The number of hydrogen-bond acceptors (Lipinski definition) is 5. The van der Waals surface area contributed by atoms with E-state index < -0.39 is 30.1 Å². The summed E-state index contributed by atoms with van der Waals surface area (Å²) in [5.74, 6) is -1.61. The highest BCUT2D eigenvalue weighted by Gasteiger charge is 2.37. The van der Waals surface area contributed by atoms with Crippen molar-refractivity contribution in [2.24, 2.45) is 5.92 Å². The van der Waals surface area contributed by atoms with Crippen molar-refractivity contribution in [3.05, 3.63) is 0 Å². The molecule has 5 heteroatoms. The molecule has 5 nitrogen and oxygen atoms in total. The zero-order valence-electron chi connectivity index (χ0n) is 11.6. The zero-order valence-corrected chi connectivity index (χ0v) is 11.6. The molecular weight excluding hydrogens is 236 g/mol. The number of ether oxygens (including phenoxy) is 3. The Kier molecular flexibility index (Phi) is 5.56. The summed E-state index contributed by atoms with van der Waals surface area (Å²) in [4.78, 5) is 11.9. The van der Waals surface area contributed by atoms with Gasteiger partial charge in [-0.1, -0.05) is 20.3 Å². The second-order valence-electron chi connectivity index (χ2n) is 5.07. The van der Waals surface area contributed by atoms with Crippen LogP contribution in [-0.2, 0) is 19.0 Å². The van der Waals surface area contributed by atoms with Crippen LogP contribution in [0, 0.1) is 5.92 Å². The first-order chi connectivity index (χ1) is 8.39. The molecule has 1 N–H and O–H groups in total. The van der Waals surface area contributed by atoms with E-state index in [0.29, 0.717) is 12.8 Å². The molecule has 0 spiro atoms. The summed E-state index contributed by atoms with van der Waals surface area (Å²) in [6.07, 6.45) is 0.664. The van der Waals surface area contributed by atoms with Gasteiger partial charge in [0, 0.05) is 0 Å². The highest BCUT2D eigenvalue weighted by atomic mass is 16.8. The Balaban J connectivity index is 2.48. The van der Waals surface area contributed by atoms with Crippen LogP contribution in [0.15, 0.2) is 0 Å². The zero-order chi connectivity index (χ0) is 13.8. The predicted molar refractivity (Wildman–Crippen MR) is 65.7 cm³/mol. The molecule has 1 fully saturated rings. The van der Waals surface area contributed by atoms with Crippen molar-refractivity contribution in [3.8, 4) is 0 Å². The number of aliphatic hydroxyl groups excluding tert-OH is 1. The Morgan fingerprint density at radius 3 is 2.61 bits per heavy atom. The summed E-state index contributed by atoms with van der Waals surface area (Å²) in [6, 6.07) is 0. The minimum atomic E-state index is -0.714. The summed E-state index contributed by atoms with van der Waals surface area (Å²) in [6.45, 7) is 7.60. The lowest BCUT2D eigenvalue weighted by Crippen LogP contribution is -2.33. The molecule has 18 heavy (non-hydrogen) atoms. The average molecular weight is 260 g/mol. The maximum Gasteiger partial charge on any atom is 0.313 e. The van der Waals surface area contributed by atoms with E-state index in [-0.39, 0.29) is 6.61 Å². The summed E-state index contributed by atoms with van der Waals surface area (Å²) in [5, 5.41) is 9.88. The molecule has 1 saturated heterocycles. The van der Waals surface area contributed by atoms with E-state index in [1.807, 2.05) is 13.8 Å². The van der Waals surface area contributed by atoms with Crippen molar-refractivity contribution in [2.45, 2.75) is 65.1 Å². The second kappa shape index (κ2) is 6.50. The fraction of sp³-hybridized carbons (Fsp3) is 0.923. The lowest BCUT2D eigenvalue weighted by molar-refractivity contribution is -0.202. The number of aliphatic hydroxyl groups is 1. The Hall–Kier alpha value is -0.650. The van der Waals surface area contributed by atoms with Gasteiger partial charge in [0.05, 0.1) is 12.0 Å². The third-order valence-electron chi connectivity index (χ3n) is 3.02. The van der Waals surface area contributed by atoms with E-state index in [1.165, 1.54) is 0 Å². The van der Waals surface area contributed by atoms with Gasteiger partial charge in [-0.25, -0.2) is 0 Å². The van der Waals surface area contributed by atoms with Gasteiger partial charge in [0.25, 0.3) is 0 Å². The number of carbonyl (C=O) groups excluding carboxylic acids is 1. The third-order valence-corrected chi connectivity index (χ3v) is 3.02. The van der Waals surface area contributed by atoms with Crippen molar-refractivity contribution < 1.29 is 24.1 Å². The van der Waals surface area contributed by atoms with Crippen molar-refractivity contribution in [1.29, 1.82) is 0 Å². The lowest BCUT2D eigenvalue weighted by atomic mass is 9.96. The van der Waals surface area contributed by atoms with Crippen LogP contribution in [0.1, 0.15) is 47.0 Å². The number of rotatable bonds is 6. The van der Waals surface area contributed by atoms with Crippen LogP contribution in [0.4, 0.5) is 0 Å². The van der Waals surface area contributed by atoms with E-state index in [9.17, 15) is 9.90 Å². The fourth-order valence-corrected chi connectivity index (χ4v) is 2.02. The molecule has 3 atom stereocenters. The van der Waals surface area contributed by atoms with Gasteiger partial charge < -0.3 is 19.3 Å². The summed E-state index contributed by atoms with van der Waals surface area (Å²) in [7, 11) is 0. The standard InChI is InChI=1S/C13H24O5/c1-5-7-10(14)9(6-2)12(15)17-11-8-16-13(3,4)18-11/h9-11,14H,5-8H2,1-4H3/t9?,10-,11-/m1/s1. The van der Waals surface area contributed by atoms with Crippen molar-refractivity contribution in [1.82, 2.24) is 0 Å². The molecule has 0 amide bonds. The largest absolute Gasteiger partial charge is 0.433 e. The van der Waals surface area contributed by atoms with Crippen LogP contribution in [0.25, 0.3) is 0 Å². The first-order valence-corrected chi connectivity index (χ1v) is 6.60. The molecule has 106 valence electrons. The van der Waals surface area contributed by atoms with Crippen molar-refractivity contribution >= 4 is 5.97 Å². The van der Waals surface area contributed by atoms with Crippen LogP contribution in [0.5, 0.6) is 0 Å². The van der Waals surface area contributed by atoms with Gasteiger partial charge in [-0.2, -0.15) is 0 Å². The van der Waals surface area contributed by atoms with E-state index in [0.717, 1.165) is 6.42 Å². The smallest absolute Gasteiger partial charge is 0.313 e. The topological polar surface area (TPSA) is 65.0 Å². The van der Waals surface area contributed by atoms with E-state index in [1.54, 1.807) is 13.8 Å². The van der Waals surface area contributed by atoms with Crippen LogP contribution < -0.4 is 0 Å². The number of hydrogen-bond donors (Lipinski definition) is 1. The SMILES string of the molecule is CCC[C@@H](O)C(CC)C(=O)O[C@H]1COC(C)(C)O1. The van der Waals surface area contributed by atoms with Crippen LogP contribution in [0.2, 0.25) is 0 Å². The summed E-state index contributed by atoms with van der Waals surface area (Å²) >= 11 is 0. The highest BCUT2D eigenvalue weighted by molar-refractivity contribution is 5.73. The fourth-order valence-electron chi connectivity index (χ4n) is 2.02. The summed E-state index contributed by atoms with van der Waals surface area (Å²) in [5.41, 5.74) is 0. The highest BCUT2D eigenvalue weighted by Crippen LogP contribution is 2.24. The van der Waals surface area contributed by atoms with Gasteiger partial charge in [-0.15, -0.1) is 0 Å². The molecular formula is C13H24O5. The van der Waals surface area contributed by atoms with Gasteiger partial charge in [-0.3, -0.25) is 4.79 Å². The van der Waals surface area contributed by atoms with E-state index >= 15 is 0 Å². The van der Waals surface area contributed by atoms with Gasteiger partial charge in [0.2, 0.25) is 6.29 Å². The normalized spacial score (nSPS) is 25.7. The van der Waals surface area contributed by atoms with Gasteiger partial charge in [0.1, 0.15) is 6.61 Å².